The molecular formula is C16H24N6. The second-order valence-corrected chi connectivity index (χ2v) is 6.00. The summed E-state index contributed by atoms with van der Waals surface area (Å²) in [5, 5.41) is 7.40. The molecule has 1 saturated heterocycles. The SMILES string of the molecule is CNc1nccnc1CC1CCCN(Cc2ccnn2C)C1. The molecule has 3 heterocycles. The third kappa shape index (κ3) is 3.44. The standard InChI is InChI=1S/C16H24N6/c1-17-16-15(18-7-8-19-16)10-13-4-3-9-22(11-13)12-14-5-6-20-21(14)2/h5-8,13H,3-4,9-12H2,1-2H3,(H,17,19). The Bertz CT molecular complexity index is 608. The molecule has 0 aliphatic carbocycles. The Labute approximate surface area is 131 Å². The van der Waals surface area contributed by atoms with Crippen molar-refractivity contribution in [1.82, 2.24) is 24.6 Å². The van der Waals surface area contributed by atoms with Crippen molar-refractivity contribution in [2.24, 2.45) is 13.0 Å². The number of piperidine rings is 1. The molecule has 1 atom stereocenters. The minimum atomic E-state index is 0.644. The number of hydrogen-bond acceptors (Lipinski definition) is 5. The number of anilines is 1. The van der Waals surface area contributed by atoms with Crippen LogP contribution in [0.3, 0.4) is 0 Å². The lowest BCUT2D eigenvalue weighted by Crippen LogP contribution is -2.36. The molecule has 1 unspecified atom stereocenters. The van der Waals surface area contributed by atoms with E-state index in [1.807, 2.05) is 25.0 Å². The first-order valence-corrected chi connectivity index (χ1v) is 7.93. The summed E-state index contributed by atoms with van der Waals surface area (Å²) in [6.07, 6.45) is 8.90. The molecule has 0 radical (unpaired) electrons. The summed E-state index contributed by atoms with van der Waals surface area (Å²) in [6.45, 7) is 3.26. The number of aryl methyl sites for hydroxylation is 1. The van der Waals surface area contributed by atoms with Crippen LogP contribution >= 0.6 is 0 Å². The Morgan fingerprint density at radius 3 is 2.91 bits per heavy atom. The van der Waals surface area contributed by atoms with Crippen LogP contribution in [0.15, 0.2) is 24.7 Å². The maximum atomic E-state index is 4.50. The van der Waals surface area contributed by atoms with E-state index in [9.17, 15) is 0 Å². The van der Waals surface area contributed by atoms with Crippen LogP contribution in [0.2, 0.25) is 0 Å². The zero-order chi connectivity index (χ0) is 15.4. The van der Waals surface area contributed by atoms with Gasteiger partial charge >= 0.3 is 0 Å². The van der Waals surface area contributed by atoms with Crippen LogP contribution in [0.1, 0.15) is 24.2 Å². The Balaban J connectivity index is 1.62. The molecular weight excluding hydrogens is 276 g/mol. The lowest BCUT2D eigenvalue weighted by Gasteiger charge is -2.32. The molecule has 6 nitrogen and oxygen atoms in total. The van der Waals surface area contributed by atoms with E-state index < -0.39 is 0 Å². The summed E-state index contributed by atoms with van der Waals surface area (Å²) in [5.41, 5.74) is 2.36. The van der Waals surface area contributed by atoms with Crippen LogP contribution in [0.25, 0.3) is 0 Å². The fraction of sp³-hybridized carbons (Fsp3) is 0.562. The molecule has 1 aliphatic rings. The fourth-order valence-electron chi connectivity index (χ4n) is 3.25. The molecule has 3 rings (SSSR count). The van der Waals surface area contributed by atoms with Gasteiger partial charge in [0.2, 0.25) is 0 Å². The average molecular weight is 300 g/mol. The summed E-state index contributed by atoms with van der Waals surface area (Å²) in [5.74, 6) is 1.55. The highest BCUT2D eigenvalue weighted by molar-refractivity contribution is 5.38. The predicted octanol–water partition coefficient (Wildman–Crippen LogP) is 1.71. The van der Waals surface area contributed by atoms with Crippen molar-refractivity contribution in [2.45, 2.75) is 25.8 Å². The third-order valence-corrected chi connectivity index (χ3v) is 4.40. The van der Waals surface area contributed by atoms with Crippen LogP contribution in [0.4, 0.5) is 5.82 Å². The molecule has 0 aromatic carbocycles. The first-order chi connectivity index (χ1) is 10.8. The highest BCUT2D eigenvalue weighted by Crippen LogP contribution is 2.23. The first kappa shape index (κ1) is 15.0. The quantitative estimate of drug-likeness (QED) is 0.911. The third-order valence-electron chi connectivity index (χ3n) is 4.40. The van der Waals surface area contributed by atoms with Crippen molar-refractivity contribution in [1.29, 1.82) is 0 Å². The van der Waals surface area contributed by atoms with Crippen LogP contribution < -0.4 is 5.32 Å². The van der Waals surface area contributed by atoms with Crippen molar-refractivity contribution in [3.05, 3.63) is 36.0 Å². The van der Waals surface area contributed by atoms with Gasteiger partial charge in [-0.15, -0.1) is 0 Å². The van der Waals surface area contributed by atoms with Crippen molar-refractivity contribution in [2.75, 3.05) is 25.5 Å². The number of aromatic nitrogens is 4. The molecule has 2 aromatic rings. The summed E-state index contributed by atoms with van der Waals surface area (Å²) < 4.78 is 1.96. The number of rotatable bonds is 5. The van der Waals surface area contributed by atoms with Crippen LogP contribution in [-0.4, -0.2) is 44.8 Å². The second-order valence-electron chi connectivity index (χ2n) is 6.00. The molecule has 0 saturated carbocycles. The molecule has 0 spiro atoms. The molecule has 6 heteroatoms. The Hall–Kier alpha value is -1.95. The van der Waals surface area contributed by atoms with Gasteiger partial charge in [-0.25, -0.2) is 4.98 Å². The second kappa shape index (κ2) is 6.87. The minimum absolute atomic E-state index is 0.644. The molecule has 118 valence electrons. The van der Waals surface area contributed by atoms with E-state index >= 15 is 0 Å². The van der Waals surface area contributed by atoms with Gasteiger partial charge in [-0.2, -0.15) is 5.10 Å². The average Bonchev–Trinajstić information content (AvgIpc) is 2.93. The molecule has 0 bridgehead atoms. The van der Waals surface area contributed by atoms with Crippen LogP contribution in [0, 0.1) is 5.92 Å². The molecule has 1 N–H and O–H groups in total. The van der Waals surface area contributed by atoms with Gasteiger partial charge in [0.05, 0.1) is 11.4 Å². The maximum Gasteiger partial charge on any atom is 0.147 e. The van der Waals surface area contributed by atoms with E-state index in [0.29, 0.717) is 5.92 Å². The van der Waals surface area contributed by atoms with Crippen LogP contribution in [0.5, 0.6) is 0 Å². The van der Waals surface area contributed by atoms with E-state index in [0.717, 1.165) is 31.0 Å². The lowest BCUT2D eigenvalue weighted by atomic mass is 9.93. The number of nitrogens with one attached hydrogen (secondary N) is 1. The minimum Gasteiger partial charge on any atom is -0.372 e. The highest BCUT2D eigenvalue weighted by atomic mass is 15.3. The summed E-state index contributed by atoms with van der Waals surface area (Å²) >= 11 is 0. The maximum absolute atomic E-state index is 4.50. The van der Waals surface area contributed by atoms with Gasteiger partial charge in [-0.3, -0.25) is 14.6 Å². The Morgan fingerprint density at radius 1 is 1.27 bits per heavy atom. The smallest absolute Gasteiger partial charge is 0.147 e. The van der Waals surface area contributed by atoms with E-state index in [-0.39, 0.29) is 0 Å². The number of likely N-dealkylation sites (tertiary alicyclic amines) is 1. The molecule has 1 aliphatic heterocycles. The normalized spacial score (nSPS) is 19.3. The van der Waals surface area contributed by atoms with Crippen molar-refractivity contribution in [3.63, 3.8) is 0 Å². The van der Waals surface area contributed by atoms with Gasteiger partial charge in [0, 0.05) is 45.8 Å². The van der Waals surface area contributed by atoms with E-state index in [1.165, 1.54) is 25.1 Å². The zero-order valence-electron chi connectivity index (χ0n) is 13.4. The monoisotopic (exact) mass is 300 g/mol. The first-order valence-electron chi connectivity index (χ1n) is 7.93. The fourth-order valence-corrected chi connectivity index (χ4v) is 3.25. The van der Waals surface area contributed by atoms with E-state index in [4.69, 9.17) is 0 Å². The number of hydrogen-bond donors (Lipinski definition) is 1. The number of nitrogens with zero attached hydrogens (tertiary/aromatic N) is 5. The molecule has 0 amide bonds. The Kier molecular flexibility index (Phi) is 4.68. The molecule has 22 heavy (non-hydrogen) atoms. The van der Waals surface area contributed by atoms with E-state index in [2.05, 4.69) is 31.3 Å². The molecule has 2 aromatic heterocycles. The van der Waals surface area contributed by atoms with Gasteiger partial charge in [0.25, 0.3) is 0 Å². The highest BCUT2D eigenvalue weighted by Gasteiger charge is 2.22. The Morgan fingerprint density at radius 2 is 2.14 bits per heavy atom. The van der Waals surface area contributed by atoms with Gasteiger partial charge in [0.15, 0.2) is 0 Å². The van der Waals surface area contributed by atoms with Gasteiger partial charge in [0.1, 0.15) is 5.82 Å². The topological polar surface area (TPSA) is 58.9 Å². The van der Waals surface area contributed by atoms with Gasteiger partial charge in [-0.05, 0) is 37.8 Å². The van der Waals surface area contributed by atoms with E-state index in [1.54, 1.807) is 12.4 Å². The van der Waals surface area contributed by atoms with Gasteiger partial charge in [-0.1, -0.05) is 0 Å². The van der Waals surface area contributed by atoms with Crippen molar-refractivity contribution in [3.8, 4) is 0 Å². The summed E-state index contributed by atoms with van der Waals surface area (Å²) in [6, 6.07) is 2.10. The predicted molar refractivity (Wildman–Crippen MR) is 86.5 cm³/mol. The largest absolute Gasteiger partial charge is 0.372 e. The van der Waals surface area contributed by atoms with Crippen LogP contribution in [-0.2, 0) is 20.0 Å². The molecule has 1 fully saturated rings. The van der Waals surface area contributed by atoms with Crippen molar-refractivity contribution < 1.29 is 0 Å². The summed E-state index contributed by atoms with van der Waals surface area (Å²) in [7, 11) is 3.92. The zero-order valence-corrected chi connectivity index (χ0v) is 13.4. The summed E-state index contributed by atoms with van der Waals surface area (Å²) in [4.78, 5) is 11.4. The van der Waals surface area contributed by atoms with Gasteiger partial charge < -0.3 is 5.32 Å². The lowest BCUT2D eigenvalue weighted by molar-refractivity contribution is 0.163. The van der Waals surface area contributed by atoms with Crippen molar-refractivity contribution >= 4 is 5.82 Å².